The van der Waals surface area contributed by atoms with Crippen LogP contribution in [0, 0.1) is 0 Å². The number of carbonyl (C=O) groups is 1. The number of nitrogens with zero attached hydrogens (tertiary/aromatic N) is 6. The molecule has 0 saturated heterocycles. The topological polar surface area (TPSA) is 117 Å². The first-order valence-electron chi connectivity index (χ1n) is 11.3. The molecule has 2 heterocycles. The standard InChI is InChI=1S/C24H22ClF3N6O4/c1-3-14-6-4-5-7-17(14)34-21(22(36)38-2)29-19(30-34)13-33-23(37)32(12-18(35)24(26,27)28)20(31-33)15-8-10-16(25)11-9-15/h4-11,18,35H,3,12-13H2,1-2H3. The number of esters is 1. The number of para-hydroxylation sites is 1. The van der Waals surface area contributed by atoms with E-state index in [0.717, 1.165) is 10.2 Å². The first-order valence-corrected chi connectivity index (χ1v) is 11.7. The second-order valence-corrected chi connectivity index (χ2v) is 8.61. The lowest BCUT2D eigenvalue weighted by molar-refractivity contribution is -0.207. The Morgan fingerprint density at radius 1 is 1.13 bits per heavy atom. The van der Waals surface area contributed by atoms with Crippen LogP contribution >= 0.6 is 11.6 Å². The molecule has 38 heavy (non-hydrogen) atoms. The van der Waals surface area contributed by atoms with E-state index in [1.807, 2.05) is 19.1 Å². The van der Waals surface area contributed by atoms with Crippen molar-refractivity contribution in [2.45, 2.75) is 38.7 Å². The fraction of sp³-hybridized carbons (Fsp3) is 0.292. The van der Waals surface area contributed by atoms with E-state index in [9.17, 15) is 27.9 Å². The molecule has 0 aliphatic heterocycles. The monoisotopic (exact) mass is 550 g/mol. The Hall–Kier alpha value is -3.97. The maximum atomic E-state index is 13.2. The Kier molecular flexibility index (Phi) is 7.69. The number of aliphatic hydroxyl groups excluding tert-OH is 1. The van der Waals surface area contributed by atoms with Crippen LogP contribution in [0.15, 0.2) is 53.3 Å². The smallest absolute Gasteiger partial charge is 0.416 e. The van der Waals surface area contributed by atoms with Crippen molar-refractivity contribution >= 4 is 17.6 Å². The normalized spacial score (nSPS) is 12.5. The summed E-state index contributed by atoms with van der Waals surface area (Å²) < 4.78 is 47.0. The summed E-state index contributed by atoms with van der Waals surface area (Å²) in [5, 5.41) is 18.6. The van der Waals surface area contributed by atoms with Gasteiger partial charge in [0.2, 0.25) is 5.82 Å². The lowest BCUT2D eigenvalue weighted by Crippen LogP contribution is -2.37. The fourth-order valence-corrected chi connectivity index (χ4v) is 3.89. The van der Waals surface area contributed by atoms with Crippen molar-refractivity contribution < 1.29 is 27.8 Å². The quantitative estimate of drug-likeness (QED) is 0.335. The maximum Gasteiger partial charge on any atom is 0.416 e. The van der Waals surface area contributed by atoms with Gasteiger partial charge in [0.25, 0.3) is 0 Å². The summed E-state index contributed by atoms with van der Waals surface area (Å²) in [6.45, 7) is 0.466. The van der Waals surface area contributed by atoms with E-state index in [-0.39, 0.29) is 24.0 Å². The summed E-state index contributed by atoms with van der Waals surface area (Å²) in [5.41, 5.74) is 0.789. The van der Waals surface area contributed by atoms with Crippen LogP contribution in [0.4, 0.5) is 13.2 Å². The summed E-state index contributed by atoms with van der Waals surface area (Å²) in [5.74, 6) is -1.06. The molecule has 4 aromatic rings. The molecule has 4 rings (SSSR count). The van der Waals surface area contributed by atoms with Gasteiger partial charge >= 0.3 is 17.8 Å². The van der Waals surface area contributed by atoms with Crippen molar-refractivity contribution in [1.82, 2.24) is 29.1 Å². The van der Waals surface area contributed by atoms with E-state index < -0.39 is 30.5 Å². The Morgan fingerprint density at radius 2 is 1.82 bits per heavy atom. The van der Waals surface area contributed by atoms with E-state index in [1.165, 1.54) is 36.1 Å². The van der Waals surface area contributed by atoms with Gasteiger partial charge in [0, 0.05) is 10.6 Å². The molecule has 0 bridgehead atoms. The minimum Gasteiger partial charge on any atom is -0.463 e. The zero-order valence-electron chi connectivity index (χ0n) is 20.2. The average Bonchev–Trinajstić information content (AvgIpc) is 3.45. The van der Waals surface area contributed by atoms with Gasteiger partial charge < -0.3 is 9.84 Å². The summed E-state index contributed by atoms with van der Waals surface area (Å²) in [6, 6.07) is 13.1. The van der Waals surface area contributed by atoms with E-state index in [4.69, 9.17) is 16.3 Å². The summed E-state index contributed by atoms with van der Waals surface area (Å²) >= 11 is 5.91. The van der Waals surface area contributed by atoms with Gasteiger partial charge in [-0.05, 0) is 42.3 Å². The largest absolute Gasteiger partial charge is 0.463 e. The molecule has 14 heteroatoms. The summed E-state index contributed by atoms with van der Waals surface area (Å²) in [6.07, 6.45) is -7.14. The molecule has 2 aromatic carbocycles. The van der Waals surface area contributed by atoms with Gasteiger partial charge in [-0.3, -0.25) is 4.57 Å². The SMILES string of the molecule is CCc1ccccc1-n1nc(Cn2nc(-c3ccc(Cl)cc3)n(CC(O)C(F)(F)F)c2=O)nc1C(=O)OC. The molecule has 0 saturated carbocycles. The number of aryl methyl sites for hydroxylation is 1. The predicted molar refractivity (Wildman–Crippen MR) is 130 cm³/mol. The third kappa shape index (κ3) is 5.48. The molecule has 200 valence electrons. The molecule has 0 aliphatic carbocycles. The number of hydrogen-bond donors (Lipinski definition) is 1. The number of halogens is 4. The molecule has 0 radical (unpaired) electrons. The number of rotatable bonds is 8. The van der Waals surface area contributed by atoms with Crippen molar-refractivity contribution in [3.63, 3.8) is 0 Å². The van der Waals surface area contributed by atoms with E-state index in [2.05, 4.69) is 15.2 Å². The first-order chi connectivity index (χ1) is 18.0. The van der Waals surface area contributed by atoms with Crippen molar-refractivity contribution in [2.75, 3.05) is 7.11 Å². The van der Waals surface area contributed by atoms with Gasteiger partial charge in [-0.2, -0.15) is 13.2 Å². The van der Waals surface area contributed by atoms with Crippen LogP contribution in [-0.2, 0) is 24.2 Å². The number of benzene rings is 2. The lowest BCUT2D eigenvalue weighted by Gasteiger charge is -2.15. The van der Waals surface area contributed by atoms with E-state index in [1.54, 1.807) is 12.1 Å². The van der Waals surface area contributed by atoms with Crippen LogP contribution in [-0.4, -0.2) is 59.6 Å². The van der Waals surface area contributed by atoms with Gasteiger partial charge in [-0.1, -0.05) is 36.7 Å². The summed E-state index contributed by atoms with van der Waals surface area (Å²) in [7, 11) is 1.18. The molecule has 10 nitrogen and oxygen atoms in total. The van der Waals surface area contributed by atoms with Gasteiger partial charge in [-0.25, -0.2) is 23.9 Å². The van der Waals surface area contributed by atoms with Crippen molar-refractivity contribution in [3.05, 3.63) is 81.3 Å². The molecule has 0 fully saturated rings. The van der Waals surface area contributed by atoms with Crippen LogP contribution in [0.25, 0.3) is 17.1 Å². The van der Waals surface area contributed by atoms with Gasteiger partial charge in [0.05, 0.1) is 19.3 Å². The zero-order chi connectivity index (χ0) is 27.6. The summed E-state index contributed by atoms with van der Waals surface area (Å²) in [4.78, 5) is 29.8. The second kappa shape index (κ2) is 10.8. The molecule has 1 N–H and O–H groups in total. The highest BCUT2D eigenvalue weighted by atomic mass is 35.5. The Labute approximate surface area is 218 Å². The highest BCUT2D eigenvalue weighted by Crippen LogP contribution is 2.24. The van der Waals surface area contributed by atoms with Crippen molar-refractivity contribution in [1.29, 1.82) is 0 Å². The molecular formula is C24H22ClF3N6O4. The van der Waals surface area contributed by atoms with E-state index in [0.29, 0.717) is 27.3 Å². The number of aromatic nitrogens is 6. The van der Waals surface area contributed by atoms with Crippen LogP contribution in [0.1, 0.15) is 28.9 Å². The maximum absolute atomic E-state index is 13.2. The first kappa shape index (κ1) is 27.1. The molecular weight excluding hydrogens is 529 g/mol. The Morgan fingerprint density at radius 3 is 2.45 bits per heavy atom. The number of carbonyl (C=O) groups excluding carboxylic acids is 1. The minimum absolute atomic E-state index is 0.0120. The Balaban J connectivity index is 1.80. The van der Waals surface area contributed by atoms with Gasteiger partial charge in [-0.15, -0.1) is 10.2 Å². The van der Waals surface area contributed by atoms with Crippen LogP contribution < -0.4 is 5.69 Å². The number of methoxy groups -OCH3 is 1. The molecule has 0 amide bonds. The highest BCUT2D eigenvalue weighted by molar-refractivity contribution is 6.30. The molecule has 1 atom stereocenters. The second-order valence-electron chi connectivity index (χ2n) is 8.18. The highest BCUT2D eigenvalue weighted by Gasteiger charge is 2.39. The molecule has 0 aliphatic rings. The lowest BCUT2D eigenvalue weighted by atomic mass is 10.1. The van der Waals surface area contributed by atoms with Crippen LogP contribution in [0.5, 0.6) is 0 Å². The van der Waals surface area contributed by atoms with Crippen molar-refractivity contribution in [3.8, 4) is 17.1 Å². The number of aliphatic hydroxyl groups is 1. The zero-order valence-corrected chi connectivity index (χ0v) is 20.9. The third-order valence-corrected chi connectivity index (χ3v) is 5.92. The fourth-order valence-electron chi connectivity index (χ4n) is 3.76. The van der Waals surface area contributed by atoms with E-state index >= 15 is 0 Å². The van der Waals surface area contributed by atoms with Crippen LogP contribution in [0.2, 0.25) is 5.02 Å². The Bertz CT molecular complexity index is 1510. The van der Waals surface area contributed by atoms with Gasteiger partial charge in [0.15, 0.2) is 17.8 Å². The van der Waals surface area contributed by atoms with Crippen LogP contribution in [0.3, 0.4) is 0 Å². The molecule has 1 unspecified atom stereocenters. The minimum atomic E-state index is -4.96. The van der Waals surface area contributed by atoms with Crippen molar-refractivity contribution in [2.24, 2.45) is 0 Å². The van der Waals surface area contributed by atoms with Gasteiger partial charge in [0.1, 0.15) is 6.54 Å². The number of ether oxygens (including phenoxy) is 1. The molecule has 0 spiro atoms. The molecule has 2 aromatic heterocycles. The predicted octanol–water partition coefficient (Wildman–Crippen LogP) is 3.27. The average molecular weight is 551 g/mol. The number of alkyl halides is 3. The third-order valence-electron chi connectivity index (χ3n) is 5.67. The number of hydrogen-bond acceptors (Lipinski definition) is 7.